The molecule has 152 valence electrons. The fraction of sp³-hybridized carbons (Fsp3) is 0.182. The number of benzene rings is 2. The third kappa shape index (κ3) is 3.93. The van der Waals surface area contributed by atoms with Crippen molar-refractivity contribution in [2.45, 2.75) is 25.8 Å². The van der Waals surface area contributed by atoms with Crippen LogP contribution in [0.3, 0.4) is 0 Å². The first kappa shape index (κ1) is 19.4. The summed E-state index contributed by atoms with van der Waals surface area (Å²) in [6, 6.07) is 18.0. The number of aromatic nitrogens is 1. The van der Waals surface area contributed by atoms with Crippen LogP contribution in [0, 0.1) is 0 Å². The molecule has 0 spiro atoms. The lowest BCUT2D eigenvalue weighted by atomic mass is 10.1. The lowest BCUT2D eigenvalue weighted by Crippen LogP contribution is -2.39. The smallest absolute Gasteiger partial charge is 0.274 e. The minimum atomic E-state index is -0.726. The molecule has 3 aromatic rings. The lowest BCUT2D eigenvalue weighted by molar-refractivity contribution is -0.119. The topological polar surface area (TPSA) is 114 Å². The quantitative estimate of drug-likeness (QED) is 0.657. The molecule has 8 heteroatoms. The van der Waals surface area contributed by atoms with E-state index >= 15 is 0 Å². The van der Waals surface area contributed by atoms with Crippen molar-refractivity contribution >= 4 is 29.1 Å². The van der Waals surface area contributed by atoms with E-state index < -0.39 is 17.9 Å². The van der Waals surface area contributed by atoms with Crippen LogP contribution in [0.1, 0.15) is 18.9 Å². The van der Waals surface area contributed by atoms with Gasteiger partial charge >= 0.3 is 0 Å². The maximum Gasteiger partial charge on any atom is 0.274 e. The number of rotatable bonds is 6. The Kier molecular flexibility index (Phi) is 5.30. The third-order valence-electron chi connectivity index (χ3n) is 4.93. The molecule has 3 N–H and O–H groups in total. The number of hydrogen-bond acceptors (Lipinski definition) is 6. The number of anilines is 2. The zero-order valence-corrected chi connectivity index (χ0v) is 16.4. The van der Waals surface area contributed by atoms with Gasteiger partial charge < -0.3 is 10.3 Å². The molecule has 0 bridgehead atoms. The SMILES string of the molecule is CCc1ccc(-c2cc(NC(=O)C3=NN(c4ccccc4)C(C(N)=O)C3)on2)cc1. The van der Waals surface area contributed by atoms with E-state index in [1.54, 1.807) is 18.2 Å². The molecule has 8 nitrogen and oxygen atoms in total. The van der Waals surface area contributed by atoms with Crippen molar-refractivity contribution in [1.82, 2.24) is 5.16 Å². The molecule has 1 unspecified atom stereocenters. The summed E-state index contributed by atoms with van der Waals surface area (Å²) in [5.41, 5.74) is 9.11. The summed E-state index contributed by atoms with van der Waals surface area (Å²) < 4.78 is 5.25. The number of aryl methyl sites for hydroxylation is 1. The van der Waals surface area contributed by atoms with Crippen molar-refractivity contribution in [3.05, 3.63) is 66.2 Å². The second-order valence-corrected chi connectivity index (χ2v) is 6.93. The molecule has 2 amide bonds. The molecule has 2 heterocycles. The van der Waals surface area contributed by atoms with Gasteiger partial charge in [-0.25, -0.2) is 0 Å². The lowest BCUT2D eigenvalue weighted by Gasteiger charge is -2.20. The standard InChI is InChI=1S/C22H21N5O3/c1-2-14-8-10-15(11-9-14)17-13-20(30-26-17)24-22(29)18-12-19(21(23)28)27(25-18)16-6-4-3-5-7-16/h3-11,13,19H,2,12H2,1H3,(H2,23,28)(H,24,29). The summed E-state index contributed by atoms with van der Waals surface area (Å²) in [7, 11) is 0. The Morgan fingerprint density at radius 1 is 1.17 bits per heavy atom. The number of hydrogen-bond donors (Lipinski definition) is 2. The van der Waals surface area contributed by atoms with Gasteiger partial charge in [0.05, 0.1) is 5.69 Å². The van der Waals surface area contributed by atoms with E-state index in [9.17, 15) is 9.59 Å². The molecule has 0 radical (unpaired) electrons. The van der Waals surface area contributed by atoms with Gasteiger partial charge in [0.1, 0.15) is 17.4 Å². The largest absolute Gasteiger partial charge is 0.368 e. The maximum atomic E-state index is 12.7. The zero-order chi connectivity index (χ0) is 21.1. The van der Waals surface area contributed by atoms with Gasteiger partial charge in [0.25, 0.3) is 5.91 Å². The van der Waals surface area contributed by atoms with Crippen molar-refractivity contribution in [2.24, 2.45) is 10.8 Å². The Balaban J connectivity index is 1.50. The number of carbonyl (C=O) groups excluding carboxylic acids is 2. The van der Waals surface area contributed by atoms with Crippen LogP contribution in [0.4, 0.5) is 11.6 Å². The second-order valence-electron chi connectivity index (χ2n) is 6.93. The number of carbonyl (C=O) groups is 2. The van der Waals surface area contributed by atoms with Crippen LogP contribution in [0.25, 0.3) is 11.3 Å². The van der Waals surface area contributed by atoms with E-state index in [1.165, 1.54) is 10.6 Å². The second kappa shape index (κ2) is 8.20. The summed E-state index contributed by atoms with van der Waals surface area (Å²) in [5, 5.41) is 12.5. The Hall–Kier alpha value is -3.94. The van der Waals surface area contributed by atoms with Crippen LogP contribution < -0.4 is 16.1 Å². The van der Waals surface area contributed by atoms with Gasteiger partial charge in [0.15, 0.2) is 0 Å². The number of nitrogens with two attached hydrogens (primary N) is 1. The maximum absolute atomic E-state index is 12.7. The van der Waals surface area contributed by atoms with Gasteiger partial charge in [-0.2, -0.15) is 5.10 Å². The predicted octanol–water partition coefficient (Wildman–Crippen LogP) is 2.96. The minimum absolute atomic E-state index is 0.107. The van der Waals surface area contributed by atoms with Gasteiger partial charge in [0, 0.05) is 18.1 Å². The van der Waals surface area contributed by atoms with Gasteiger partial charge in [-0.3, -0.25) is 19.9 Å². The minimum Gasteiger partial charge on any atom is -0.368 e. The molecular weight excluding hydrogens is 382 g/mol. The number of para-hydroxylation sites is 1. The molecule has 0 saturated heterocycles. The average Bonchev–Trinajstić information content (AvgIpc) is 3.42. The Bertz CT molecular complexity index is 1090. The van der Waals surface area contributed by atoms with E-state index in [4.69, 9.17) is 10.3 Å². The first-order chi connectivity index (χ1) is 14.5. The summed E-state index contributed by atoms with van der Waals surface area (Å²) in [5.74, 6) is -0.822. The molecule has 4 rings (SSSR count). The Morgan fingerprint density at radius 2 is 1.90 bits per heavy atom. The number of hydrazone groups is 1. The van der Waals surface area contributed by atoms with Crippen molar-refractivity contribution in [3.8, 4) is 11.3 Å². The number of primary amides is 1. The van der Waals surface area contributed by atoms with Crippen LogP contribution in [0.5, 0.6) is 0 Å². The molecule has 1 aliphatic rings. The number of amides is 2. The fourth-order valence-electron chi connectivity index (χ4n) is 3.25. The molecule has 2 aromatic carbocycles. The summed E-state index contributed by atoms with van der Waals surface area (Å²) >= 11 is 0. The highest BCUT2D eigenvalue weighted by Crippen LogP contribution is 2.26. The van der Waals surface area contributed by atoms with E-state index in [0.717, 1.165) is 12.0 Å². The van der Waals surface area contributed by atoms with Crippen molar-refractivity contribution in [3.63, 3.8) is 0 Å². The van der Waals surface area contributed by atoms with Crippen molar-refractivity contribution in [1.29, 1.82) is 0 Å². The molecular formula is C22H21N5O3. The third-order valence-corrected chi connectivity index (χ3v) is 4.93. The Labute approximate surface area is 173 Å². The summed E-state index contributed by atoms with van der Waals surface area (Å²) in [6.07, 6.45) is 1.06. The van der Waals surface area contributed by atoms with E-state index in [1.807, 2.05) is 42.5 Å². The predicted molar refractivity (Wildman–Crippen MR) is 114 cm³/mol. The number of nitrogens with zero attached hydrogens (tertiary/aromatic N) is 3. The summed E-state index contributed by atoms with van der Waals surface area (Å²) in [4.78, 5) is 24.5. The highest BCUT2D eigenvalue weighted by molar-refractivity contribution is 6.44. The average molecular weight is 403 g/mol. The van der Waals surface area contributed by atoms with Crippen LogP contribution in [-0.4, -0.2) is 28.7 Å². The zero-order valence-electron chi connectivity index (χ0n) is 16.4. The van der Waals surface area contributed by atoms with Crippen LogP contribution in [0.2, 0.25) is 0 Å². The van der Waals surface area contributed by atoms with Crippen molar-refractivity contribution < 1.29 is 14.1 Å². The van der Waals surface area contributed by atoms with Gasteiger partial charge in [-0.15, -0.1) is 0 Å². The molecule has 0 aliphatic carbocycles. The normalized spacial score (nSPS) is 15.7. The molecule has 30 heavy (non-hydrogen) atoms. The first-order valence-corrected chi connectivity index (χ1v) is 9.63. The fourth-order valence-corrected chi connectivity index (χ4v) is 3.25. The van der Waals surface area contributed by atoms with E-state index in [-0.39, 0.29) is 18.0 Å². The molecule has 0 fully saturated rings. The molecule has 0 saturated carbocycles. The highest BCUT2D eigenvalue weighted by atomic mass is 16.5. The van der Waals surface area contributed by atoms with E-state index in [0.29, 0.717) is 11.4 Å². The Morgan fingerprint density at radius 3 is 2.57 bits per heavy atom. The first-order valence-electron chi connectivity index (χ1n) is 9.63. The van der Waals surface area contributed by atoms with Gasteiger partial charge in [-0.05, 0) is 24.1 Å². The van der Waals surface area contributed by atoms with Gasteiger partial charge in [-0.1, -0.05) is 54.5 Å². The number of nitrogens with one attached hydrogen (secondary N) is 1. The van der Waals surface area contributed by atoms with Crippen LogP contribution in [0.15, 0.2) is 70.3 Å². The van der Waals surface area contributed by atoms with Gasteiger partial charge in [0.2, 0.25) is 11.8 Å². The van der Waals surface area contributed by atoms with E-state index in [2.05, 4.69) is 22.5 Å². The van der Waals surface area contributed by atoms with Crippen LogP contribution >= 0.6 is 0 Å². The van der Waals surface area contributed by atoms with Crippen molar-refractivity contribution in [2.75, 3.05) is 10.3 Å². The molecule has 1 aromatic heterocycles. The molecule has 1 atom stereocenters. The van der Waals surface area contributed by atoms with Crippen LogP contribution in [-0.2, 0) is 16.0 Å². The molecule has 1 aliphatic heterocycles. The monoisotopic (exact) mass is 403 g/mol. The summed E-state index contributed by atoms with van der Waals surface area (Å²) in [6.45, 7) is 2.09. The highest BCUT2D eigenvalue weighted by Gasteiger charge is 2.35.